The first kappa shape index (κ1) is 36.0. The summed E-state index contributed by atoms with van der Waals surface area (Å²) in [5.74, 6) is -0.804. The summed E-state index contributed by atoms with van der Waals surface area (Å²) < 4.78 is 0. The summed E-state index contributed by atoms with van der Waals surface area (Å²) in [4.78, 5) is 18.5. The van der Waals surface area contributed by atoms with E-state index < -0.39 is 5.97 Å². The summed E-state index contributed by atoms with van der Waals surface area (Å²) in [6, 6.07) is 0. The Hall–Kier alpha value is -1.31. The van der Waals surface area contributed by atoms with Gasteiger partial charge in [0.05, 0.1) is 6.54 Å². The third-order valence-corrected chi connectivity index (χ3v) is 0.526. The molecule has 0 aromatic rings. The number of aldehydes is 1. The van der Waals surface area contributed by atoms with Crippen molar-refractivity contribution in [3.05, 3.63) is 0 Å². The Morgan fingerprint density at radius 2 is 1.61 bits per heavy atom. The van der Waals surface area contributed by atoms with Gasteiger partial charge in [-0.05, 0) is 33.2 Å². The molecule has 114 valence electrons. The first-order valence-electron chi connectivity index (χ1n) is 4.99. The maximum absolute atomic E-state index is 9.70. The van der Waals surface area contributed by atoms with E-state index in [0.29, 0.717) is 6.54 Å². The van der Waals surface area contributed by atoms with Crippen LogP contribution in [0.25, 0.3) is 0 Å². The summed E-state index contributed by atoms with van der Waals surface area (Å²) in [6.07, 6.45) is 2.00. The minimum absolute atomic E-state index is 0. The first-order chi connectivity index (χ1) is 7.51. The fourth-order valence-electron chi connectivity index (χ4n) is 0.232. The van der Waals surface area contributed by atoms with Gasteiger partial charge in [-0.1, -0.05) is 21.3 Å². The van der Waals surface area contributed by atoms with Gasteiger partial charge in [0.25, 0.3) is 0 Å². The van der Waals surface area contributed by atoms with Gasteiger partial charge < -0.3 is 32.5 Å². The van der Waals surface area contributed by atoms with E-state index in [1.165, 1.54) is 13.1 Å². The highest BCUT2D eigenvalue weighted by atomic mass is 16.4. The summed E-state index contributed by atoms with van der Waals surface area (Å²) in [7, 11) is 0. The van der Waals surface area contributed by atoms with Crippen molar-refractivity contribution in [3.63, 3.8) is 0 Å². The number of carbonyl (C=O) groups is 2. The molecule has 0 aliphatic rings. The van der Waals surface area contributed by atoms with Gasteiger partial charge in [-0.15, -0.1) is 0 Å². The molecule has 0 aromatic carbocycles. The van der Waals surface area contributed by atoms with Gasteiger partial charge in [0.15, 0.2) is 0 Å². The second kappa shape index (κ2) is 57.3. The lowest BCUT2D eigenvalue weighted by molar-refractivity contribution is -0.135. The van der Waals surface area contributed by atoms with E-state index in [2.05, 4.69) is 5.32 Å². The molecule has 0 rings (SSSR count). The van der Waals surface area contributed by atoms with Crippen molar-refractivity contribution in [2.45, 2.75) is 35.1 Å². The van der Waals surface area contributed by atoms with Gasteiger partial charge in [0.1, 0.15) is 6.29 Å². The molecular formula is C11H32N4O3. The lowest BCUT2D eigenvalue weighted by Crippen LogP contribution is -2.21. The zero-order chi connectivity index (χ0) is 13.8. The molecule has 0 aliphatic heterocycles. The number of carbonyl (C=O) groups excluding carboxylic acids is 1. The van der Waals surface area contributed by atoms with Crippen molar-refractivity contribution < 1.29 is 14.7 Å². The van der Waals surface area contributed by atoms with Crippen LogP contribution in [0.4, 0.5) is 0 Å². The molecule has 0 spiro atoms. The Kier molecular flexibility index (Phi) is 114. The average Bonchev–Trinajstić information content (AvgIpc) is 2.18. The van der Waals surface area contributed by atoms with Crippen molar-refractivity contribution in [2.75, 3.05) is 19.6 Å². The van der Waals surface area contributed by atoms with Crippen LogP contribution in [-0.4, -0.2) is 43.2 Å². The molecule has 0 aromatic heterocycles. The number of nitrogens with two attached hydrogens (primary N) is 1. The highest BCUT2D eigenvalue weighted by molar-refractivity contribution is 5.68. The van der Waals surface area contributed by atoms with Crippen molar-refractivity contribution in [1.82, 2.24) is 11.5 Å². The van der Waals surface area contributed by atoms with Gasteiger partial charge in [0, 0.05) is 0 Å². The second-order valence-electron chi connectivity index (χ2n) is 2.11. The zero-order valence-corrected chi connectivity index (χ0v) is 11.3. The van der Waals surface area contributed by atoms with E-state index in [0.717, 1.165) is 12.8 Å². The highest BCUT2D eigenvalue weighted by Gasteiger charge is 1.88. The van der Waals surface area contributed by atoms with Crippen LogP contribution in [0, 0.1) is 5.41 Å². The van der Waals surface area contributed by atoms with E-state index in [4.69, 9.17) is 21.0 Å². The Bertz CT molecular complexity index is 138. The minimum Gasteiger partial charge on any atom is -0.480 e. The van der Waals surface area contributed by atoms with Crippen LogP contribution >= 0.6 is 0 Å². The number of nitrogens with one attached hydrogen (secondary N) is 2. The second-order valence-corrected chi connectivity index (χ2v) is 2.11. The van der Waals surface area contributed by atoms with Gasteiger partial charge in [-0.25, -0.2) is 0 Å². The lowest BCUT2D eigenvalue weighted by atomic mass is 10.6. The standard InChI is InChI=1S/C4H9NO2.C2H7N.C2H5N.C2H4O.CH4.H3N/c1-2-5-3-4(6)7;3*1-2-3;;/h5H,2-3H2,1H3,(H,6,7);2-3H2,1H3;2-3H,1H3;2H,1H3;1H4;1H3. The molecule has 18 heavy (non-hydrogen) atoms. The van der Waals surface area contributed by atoms with Gasteiger partial charge in [0.2, 0.25) is 0 Å². The fraction of sp³-hybridized carbons (Fsp3) is 0.727. The Morgan fingerprint density at radius 3 is 1.67 bits per heavy atom. The molecule has 0 fully saturated rings. The predicted molar refractivity (Wildman–Crippen MR) is 78.9 cm³/mol. The summed E-state index contributed by atoms with van der Waals surface area (Å²) in [6.45, 7) is 8.41. The number of carboxylic acids is 1. The van der Waals surface area contributed by atoms with Gasteiger partial charge >= 0.3 is 5.97 Å². The smallest absolute Gasteiger partial charge is 0.317 e. The molecule has 0 amide bonds. The van der Waals surface area contributed by atoms with E-state index in [9.17, 15) is 4.79 Å². The molecule has 0 unspecified atom stereocenters. The topological polar surface area (TPSA) is 151 Å². The summed E-state index contributed by atoms with van der Waals surface area (Å²) in [5, 5.41) is 16.7. The largest absolute Gasteiger partial charge is 0.480 e. The van der Waals surface area contributed by atoms with Gasteiger partial charge in [-0.2, -0.15) is 0 Å². The third-order valence-electron chi connectivity index (χ3n) is 0.526. The van der Waals surface area contributed by atoms with Crippen molar-refractivity contribution in [1.29, 1.82) is 5.41 Å². The molecule has 7 heteroatoms. The molecule has 0 saturated carbocycles. The molecular weight excluding hydrogens is 236 g/mol. The van der Waals surface area contributed by atoms with Crippen LogP contribution in [0.5, 0.6) is 0 Å². The van der Waals surface area contributed by atoms with E-state index in [1.54, 1.807) is 6.92 Å². The number of carboxylic acid groups (broad SMARTS) is 1. The maximum Gasteiger partial charge on any atom is 0.317 e. The zero-order valence-electron chi connectivity index (χ0n) is 11.3. The molecule has 0 bridgehead atoms. The molecule has 7 nitrogen and oxygen atoms in total. The SMILES string of the molecule is C.CC=N.CC=O.CCN.CCNCC(=O)O.N. The third kappa shape index (κ3) is 380. The van der Waals surface area contributed by atoms with Gasteiger partial charge in [-0.3, -0.25) is 4.79 Å². The van der Waals surface area contributed by atoms with Crippen molar-refractivity contribution in [3.8, 4) is 0 Å². The van der Waals surface area contributed by atoms with E-state index in [1.807, 2.05) is 13.8 Å². The maximum atomic E-state index is 9.70. The molecule has 0 radical (unpaired) electrons. The van der Waals surface area contributed by atoms with Crippen LogP contribution in [0.2, 0.25) is 0 Å². The fourth-order valence-corrected chi connectivity index (χ4v) is 0.232. The monoisotopic (exact) mass is 268 g/mol. The van der Waals surface area contributed by atoms with E-state index >= 15 is 0 Å². The molecule has 0 saturated heterocycles. The van der Waals surface area contributed by atoms with Crippen LogP contribution < -0.4 is 17.2 Å². The number of likely N-dealkylation sites (N-methyl/N-ethyl adjacent to an activating group) is 1. The summed E-state index contributed by atoms with van der Waals surface area (Å²) in [5.41, 5.74) is 4.85. The Morgan fingerprint density at radius 1 is 1.39 bits per heavy atom. The van der Waals surface area contributed by atoms with E-state index in [-0.39, 0.29) is 20.1 Å². The lowest BCUT2D eigenvalue weighted by Gasteiger charge is -1.90. The Balaban J connectivity index is -0.0000000284. The predicted octanol–water partition coefficient (Wildman–Crippen LogP) is 1.30. The average molecular weight is 268 g/mol. The molecule has 8 N–H and O–H groups in total. The number of aliphatic carboxylic acids is 1. The van der Waals surface area contributed by atoms with Crippen LogP contribution in [0.3, 0.4) is 0 Å². The quantitative estimate of drug-likeness (QED) is 0.384. The van der Waals surface area contributed by atoms with Crippen molar-refractivity contribution >= 4 is 18.5 Å². The molecule has 0 atom stereocenters. The normalized spacial score (nSPS) is 5.83. The van der Waals surface area contributed by atoms with Crippen LogP contribution in [0.1, 0.15) is 35.1 Å². The highest BCUT2D eigenvalue weighted by Crippen LogP contribution is 1.56. The molecule has 0 heterocycles. The van der Waals surface area contributed by atoms with Crippen LogP contribution in [-0.2, 0) is 9.59 Å². The minimum atomic E-state index is -0.804. The first-order valence-corrected chi connectivity index (χ1v) is 4.99. The number of rotatable bonds is 3. The number of hydrogen-bond donors (Lipinski definition) is 5. The Labute approximate surface area is 111 Å². The summed E-state index contributed by atoms with van der Waals surface area (Å²) >= 11 is 0. The van der Waals surface area contributed by atoms with Crippen LogP contribution in [0.15, 0.2) is 0 Å². The molecule has 0 aliphatic carbocycles. The van der Waals surface area contributed by atoms with Crippen molar-refractivity contribution in [2.24, 2.45) is 5.73 Å². The number of hydrogen-bond acceptors (Lipinski definition) is 6.